The van der Waals surface area contributed by atoms with Crippen LogP contribution in [0.15, 0.2) is 53.6 Å². The summed E-state index contributed by atoms with van der Waals surface area (Å²) >= 11 is 0. The van der Waals surface area contributed by atoms with E-state index in [9.17, 15) is 4.79 Å². The summed E-state index contributed by atoms with van der Waals surface area (Å²) < 4.78 is 5.15. The predicted molar refractivity (Wildman–Crippen MR) is 81.9 cm³/mol. The van der Waals surface area contributed by atoms with Crippen molar-refractivity contribution in [2.24, 2.45) is 0 Å². The summed E-state index contributed by atoms with van der Waals surface area (Å²) in [6.45, 7) is 0.456. The van der Waals surface area contributed by atoms with E-state index in [2.05, 4.69) is 25.4 Å². The highest BCUT2D eigenvalue weighted by atomic mass is 16.5. The highest BCUT2D eigenvalue weighted by Crippen LogP contribution is 2.14. The molecule has 0 bridgehead atoms. The van der Waals surface area contributed by atoms with Crippen LogP contribution in [0, 0.1) is 0 Å². The molecule has 3 aromatic rings. The Hall–Kier alpha value is -3.09. The number of hydrogen-bond acceptors (Lipinski definition) is 6. The zero-order valence-electron chi connectivity index (χ0n) is 12.3. The monoisotopic (exact) mass is 309 g/mol. The molecule has 0 aromatic carbocycles. The number of nitrogens with zero attached hydrogens (tertiary/aromatic N) is 4. The summed E-state index contributed by atoms with van der Waals surface area (Å²) in [5, 5.41) is 6.72. The number of aryl methyl sites for hydroxylation is 1. The van der Waals surface area contributed by atoms with Crippen LogP contribution in [-0.2, 0) is 17.8 Å². The average molecular weight is 309 g/mol. The molecule has 3 aromatic heterocycles. The first-order valence-electron chi connectivity index (χ1n) is 7.20. The van der Waals surface area contributed by atoms with E-state index in [-0.39, 0.29) is 12.3 Å². The van der Waals surface area contributed by atoms with Gasteiger partial charge in [-0.2, -0.15) is 4.98 Å². The SMILES string of the molecule is O=C(CCc1nc(-c2cccnc2)no1)NCc1cccnc1. The molecule has 3 rings (SSSR count). The number of carbonyl (C=O) groups is 1. The van der Waals surface area contributed by atoms with Crippen molar-refractivity contribution in [3.63, 3.8) is 0 Å². The Morgan fingerprint density at radius 2 is 1.96 bits per heavy atom. The molecule has 0 aliphatic carbocycles. The summed E-state index contributed by atoms with van der Waals surface area (Å²) in [5.41, 5.74) is 1.74. The molecular formula is C16H15N5O2. The van der Waals surface area contributed by atoms with Gasteiger partial charge in [0.05, 0.1) is 0 Å². The molecule has 7 nitrogen and oxygen atoms in total. The van der Waals surface area contributed by atoms with Crippen molar-refractivity contribution in [3.8, 4) is 11.4 Å². The quantitative estimate of drug-likeness (QED) is 0.746. The van der Waals surface area contributed by atoms with Gasteiger partial charge in [-0.15, -0.1) is 0 Å². The minimum atomic E-state index is -0.0741. The molecule has 1 amide bonds. The van der Waals surface area contributed by atoms with Crippen LogP contribution in [0.1, 0.15) is 17.9 Å². The number of carbonyl (C=O) groups excluding carboxylic acids is 1. The molecule has 0 spiro atoms. The zero-order valence-corrected chi connectivity index (χ0v) is 12.3. The molecule has 0 saturated heterocycles. The fourth-order valence-corrected chi connectivity index (χ4v) is 1.98. The third-order valence-corrected chi connectivity index (χ3v) is 3.17. The maximum atomic E-state index is 11.8. The van der Waals surface area contributed by atoms with Crippen molar-refractivity contribution in [1.82, 2.24) is 25.4 Å². The lowest BCUT2D eigenvalue weighted by atomic mass is 10.2. The Balaban J connectivity index is 1.49. The Morgan fingerprint density at radius 1 is 1.13 bits per heavy atom. The second kappa shape index (κ2) is 7.26. The first kappa shape index (κ1) is 14.8. The molecule has 116 valence electrons. The van der Waals surface area contributed by atoms with E-state index in [1.165, 1.54) is 0 Å². The molecule has 0 fully saturated rings. The lowest BCUT2D eigenvalue weighted by Gasteiger charge is -2.03. The molecule has 0 aliphatic heterocycles. The Morgan fingerprint density at radius 3 is 2.70 bits per heavy atom. The topological polar surface area (TPSA) is 93.8 Å². The minimum absolute atomic E-state index is 0.0741. The van der Waals surface area contributed by atoms with E-state index >= 15 is 0 Å². The second-order valence-electron chi connectivity index (χ2n) is 4.89. The van der Waals surface area contributed by atoms with Crippen LogP contribution in [0.5, 0.6) is 0 Å². The van der Waals surface area contributed by atoms with Gasteiger partial charge in [0.25, 0.3) is 0 Å². The van der Waals surface area contributed by atoms with Crippen LogP contribution in [0.4, 0.5) is 0 Å². The maximum absolute atomic E-state index is 11.8. The van der Waals surface area contributed by atoms with Gasteiger partial charge in [-0.1, -0.05) is 11.2 Å². The fraction of sp³-hybridized carbons (Fsp3) is 0.188. The van der Waals surface area contributed by atoms with Crippen molar-refractivity contribution in [1.29, 1.82) is 0 Å². The third-order valence-electron chi connectivity index (χ3n) is 3.17. The average Bonchev–Trinajstić information content (AvgIpc) is 3.09. The first-order chi connectivity index (χ1) is 11.3. The fourth-order valence-electron chi connectivity index (χ4n) is 1.98. The van der Waals surface area contributed by atoms with Crippen LogP contribution < -0.4 is 5.32 Å². The van der Waals surface area contributed by atoms with E-state index in [0.717, 1.165) is 11.1 Å². The maximum Gasteiger partial charge on any atom is 0.227 e. The number of rotatable bonds is 6. The van der Waals surface area contributed by atoms with Crippen LogP contribution in [-0.4, -0.2) is 26.0 Å². The van der Waals surface area contributed by atoms with Gasteiger partial charge in [-0.25, -0.2) is 0 Å². The lowest BCUT2D eigenvalue weighted by Crippen LogP contribution is -2.23. The molecule has 0 aliphatic rings. The van der Waals surface area contributed by atoms with Gasteiger partial charge >= 0.3 is 0 Å². The van der Waals surface area contributed by atoms with Crippen LogP contribution in [0.3, 0.4) is 0 Å². The van der Waals surface area contributed by atoms with Gasteiger partial charge in [-0.3, -0.25) is 14.8 Å². The zero-order chi connectivity index (χ0) is 15.9. The van der Waals surface area contributed by atoms with E-state index in [1.807, 2.05) is 18.2 Å². The summed E-state index contributed by atoms with van der Waals surface area (Å²) in [4.78, 5) is 24.1. The molecule has 0 unspecified atom stereocenters. The number of pyridine rings is 2. The van der Waals surface area contributed by atoms with Crippen molar-refractivity contribution >= 4 is 5.91 Å². The molecule has 0 atom stereocenters. The van der Waals surface area contributed by atoms with Crippen molar-refractivity contribution < 1.29 is 9.32 Å². The van der Waals surface area contributed by atoms with Gasteiger partial charge in [0.1, 0.15) is 0 Å². The molecule has 0 saturated carbocycles. The van der Waals surface area contributed by atoms with Gasteiger partial charge in [0, 0.05) is 49.7 Å². The Bertz CT molecular complexity index is 758. The third kappa shape index (κ3) is 4.19. The molecule has 7 heteroatoms. The summed E-state index contributed by atoms with van der Waals surface area (Å²) in [6, 6.07) is 7.39. The second-order valence-corrected chi connectivity index (χ2v) is 4.89. The summed E-state index contributed by atoms with van der Waals surface area (Å²) in [6.07, 6.45) is 7.44. The standard InChI is InChI=1S/C16H15N5O2/c22-14(19-10-12-3-1-7-17-9-12)5-6-15-20-16(21-23-15)13-4-2-8-18-11-13/h1-4,7-9,11H,5-6,10H2,(H,19,22). The highest BCUT2D eigenvalue weighted by molar-refractivity contribution is 5.76. The smallest absolute Gasteiger partial charge is 0.227 e. The number of aromatic nitrogens is 4. The predicted octanol–water partition coefficient (Wildman–Crippen LogP) is 1.78. The van der Waals surface area contributed by atoms with Gasteiger partial charge < -0.3 is 9.84 Å². The van der Waals surface area contributed by atoms with Crippen LogP contribution in [0.25, 0.3) is 11.4 Å². The first-order valence-corrected chi connectivity index (χ1v) is 7.20. The summed E-state index contributed by atoms with van der Waals surface area (Å²) in [5.74, 6) is 0.833. The van der Waals surface area contributed by atoms with Crippen molar-refractivity contribution in [2.75, 3.05) is 0 Å². The van der Waals surface area contributed by atoms with E-state index < -0.39 is 0 Å². The molecule has 1 N–H and O–H groups in total. The minimum Gasteiger partial charge on any atom is -0.352 e. The lowest BCUT2D eigenvalue weighted by molar-refractivity contribution is -0.121. The van der Waals surface area contributed by atoms with Crippen molar-refractivity contribution in [3.05, 3.63) is 60.5 Å². The molecule has 0 radical (unpaired) electrons. The number of nitrogens with one attached hydrogen (secondary N) is 1. The van der Waals surface area contributed by atoms with Gasteiger partial charge in [-0.05, 0) is 23.8 Å². The van der Waals surface area contributed by atoms with Crippen LogP contribution >= 0.6 is 0 Å². The van der Waals surface area contributed by atoms with Gasteiger partial charge in [0.2, 0.25) is 17.6 Å². The van der Waals surface area contributed by atoms with Crippen LogP contribution in [0.2, 0.25) is 0 Å². The van der Waals surface area contributed by atoms with Gasteiger partial charge in [0.15, 0.2) is 0 Å². The highest BCUT2D eigenvalue weighted by Gasteiger charge is 2.10. The van der Waals surface area contributed by atoms with E-state index in [4.69, 9.17) is 4.52 Å². The Kier molecular flexibility index (Phi) is 4.68. The normalized spacial score (nSPS) is 10.4. The largest absolute Gasteiger partial charge is 0.352 e. The number of amides is 1. The van der Waals surface area contributed by atoms with E-state index in [0.29, 0.717) is 24.7 Å². The summed E-state index contributed by atoms with van der Waals surface area (Å²) in [7, 11) is 0. The molecule has 23 heavy (non-hydrogen) atoms. The van der Waals surface area contributed by atoms with E-state index in [1.54, 1.807) is 30.9 Å². The molecule has 3 heterocycles. The van der Waals surface area contributed by atoms with Crippen molar-refractivity contribution in [2.45, 2.75) is 19.4 Å². The Labute approximate surface area is 132 Å². The number of hydrogen-bond donors (Lipinski definition) is 1. The molecular weight excluding hydrogens is 294 g/mol.